The zero-order chi connectivity index (χ0) is 60.9. The first kappa shape index (κ1) is 68.5. The van der Waals surface area contributed by atoms with Gasteiger partial charge >= 0.3 is 13.6 Å². The lowest BCUT2D eigenvalue weighted by Gasteiger charge is -2.42. The van der Waals surface area contributed by atoms with Gasteiger partial charge in [-0.05, 0) is 137 Å². The molecule has 1 aromatic rings. The van der Waals surface area contributed by atoms with Gasteiger partial charge in [-0.15, -0.1) is 0 Å². The fourth-order valence-corrected chi connectivity index (χ4v) is 15.3. The Hall–Kier alpha value is -4.30. The molecule has 22 heteroatoms. The monoisotopic (exact) mass is 1190 g/mol. The SMILES string of the molecule is CO[C@H]1C[C@@H]2CC[C@@H](C)[C@@](O)(O2)C(=O)C(=O)N2CCCCC2C(=O)O[C@H]([C@H](C)CC2CC[C@@H](CC(=O)Nc3ccc(P(=O)(O)CP(=O)(O)O)cc3)[C@H](OC)C2)CC(=O)C(C)=CC(C)C(O)[C@@H](OC)C(=O)[C@H](C)C[C@H](C)C=CC=CC=C1C. The number of anilines is 1. The number of esters is 1. The molecule has 3 heterocycles. The molecule has 5 rings (SSSR count). The lowest BCUT2D eigenvalue weighted by molar-refractivity contribution is -0.265. The predicted octanol–water partition coefficient (Wildman–Crippen LogP) is 7.50. The van der Waals surface area contributed by atoms with Gasteiger partial charge in [-0.25, -0.2) is 4.79 Å². The zero-order valence-corrected chi connectivity index (χ0v) is 51.1. The van der Waals surface area contributed by atoms with E-state index in [9.17, 15) is 62.8 Å². The van der Waals surface area contributed by atoms with Crippen LogP contribution in [0.15, 0.2) is 71.9 Å². The van der Waals surface area contributed by atoms with Gasteiger partial charge in [0.1, 0.15) is 24.2 Å². The van der Waals surface area contributed by atoms with Gasteiger partial charge < -0.3 is 58.8 Å². The van der Waals surface area contributed by atoms with Crippen LogP contribution in [-0.2, 0) is 61.6 Å². The number of amides is 2. The van der Waals surface area contributed by atoms with E-state index in [1.54, 1.807) is 48.0 Å². The van der Waals surface area contributed by atoms with Crippen molar-refractivity contribution in [3.05, 3.63) is 71.9 Å². The number of methoxy groups -OCH3 is 3. The summed E-state index contributed by atoms with van der Waals surface area (Å²) in [7, 11) is -4.67. The van der Waals surface area contributed by atoms with E-state index < -0.39 is 110 Å². The quantitative estimate of drug-likeness (QED) is 0.0671. The molecule has 3 fully saturated rings. The molecule has 4 aliphatic rings. The van der Waals surface area contributed by atoms with Gasteiger partial charge in [0.25, 0.3) is 11.7 Å². The third-order valence-corrected chi connectivity index (χ3v) is 21.2. The fraction of sp³-hybridized carbons (Fsp3) is 0.667. The van der Waals surface area contributed by atoms with Crippen LogP contribution in [0.5, 0.6) is 0 Å². The third-order valence-electron chi connectivity index (χ3n) is 17.0. The highest BCUT2D eigenvalue weighted by atomic mass is 31.2. The molecule has 20 nitrogen and oxygen atoms in total. The molecule has 2 bridgehead atoms. The van der Waals surface area contributed by atoms with Gasteiger partial charge in [-0.2, -0.15) is 0 Å². The van der Waals surface area contributed by atoms with Crippen molar-refractivity contribution in [2.24, 2.45) is 41.4 Å². The van der Waals surface area contributed by atoms with Gasteiger partial charge in [-0.3, -0.25) is 33.1 Å². The fourth-order valence-electron chi connectivity index (χ4n) is 12.0. The van der Waals surface area contributed by atoms with Crippen LogP contribution in [0.1, 0.15) is 132 Å². The number of nitrogens with zero attached hydrogens (tertiary/aromatic N) is 1. The number of allylic oxidation sites excluding steroid dienone is 6. The summed E-state index contributed by atoms with van der Waals surface area (Å²) in [5.41, 5.74) is 1.42. The number of ketones is 3. The highest BCUT2D eigenvalue weighted by Gasteiger charge is 2.53. The predicted molar refractivity (Wildman–Crippen MR) is 309 cm³/mol. The number of hydrogen-bond donors (Lipinski definition) is 6. The molecule has 1 aromatic carbocycles. The third kappa shape index (κ3) is 18.8. The molecule has 3 aliphatic heterocycles. The number of aliphatic hydroxyl groups excluding tert-OH is 1. The molecule has 2 amide bonds. The molecule has 458 valence electrons. The number of benzene rings is 1. The van der Waals surface area contributed by atoms with Crippen LogP contribution < -0.4 is 10.6 Å². The van der Waals surface area contributed by atoms with Crippen LogP contribution in [0, 0.1) is 41.4 Å². The van der Waals surface area contributed by atoms with Gasteiger partial charge in [0.05, 0.1) is 24.4 Å². The number of carbonyl (C=O) groups is 6. The molecule has 6 N–H and O–H groups in total. The Morgan fingerprint density at radius 1 is 0.866 bits per heavy atom. The molecule has 1 saturated carbocycles. The van der Waals surface area contributed by atoms with Crippen LogP contribution in [-0.4, -0.2) is 147 Å². The number of Topliss-reactive ketones (excluding diaryl/α,β-unsaturated/α-hetero) is 3. The number of cyclic esters (lactones) is 1. The standard InChI is InChI=1S/C60H90N2O18P2/c1-36-16-12-11-13-17-37(2)50(76-8)33-46-24-19-42(7)60(70,80-46)57(67)58(68)62-27-15-14-18-48(62)59(69)79-51(34-49(63)38(3)29-41(6)55(66)56(78-10)54(65)40(5)28-36)39(4)30-43-20-21-44(52(31-43)77-9)32-53(64)61-45-22-25-47(26-23-45)81(71,72)35-82(73,74)75/h11-13,16-17,22-23,25-26,29,36,39-44,46,48,50-52,55-56,66,70H,14-15,18-21,24,27-28,30-35H2,1-10H3,(H,61,64)(H,71,72)(H2,73,74,75)/t36-,39-,40-,41?,42-,43?,44+,46+,48?,50+,51+,52-,55?,56+,60-/m1/s1. The summed E-state index contributed by atoms with van der Waals surface area (Å²) >= 11 is 0. The van der Waals surface area contributed by atoms with E-state index in [-0.39, 0.29) is 78.7 Å². The Labute approximate surface area is 483 Å². The number of aliphatic hydroxyl groups is 2. The molecular weight excluding hydrogens is 1100 g/mol. The molecule has 1 aliphatic carbocycles. The van der Waals surface area contributed by atoms with Gasteiger partial charge in [0, 0.05) is 75.9 Å². The van der Waals surface area contributed by atoms with Crippen LogP contribution in [0.2, 0.25) is 0 Å². The first-order valence-electron chi connectivity index (χ1n) is 28.8. The number of hydrogen-bond acceptors (Lipinski definition) is 15. The minimum Gasteiger partial charge on any atom is -0.460 e. The Kier molecular flexibility index (Phi) is 25.6. The van der Waals surface area contributed by atoms with E-state index in [1.165, 1.54) is 31.4 Å². The van der Waals surface area contributed by atoms with Crippen molar-refractivity contribution < 1.29 is 86.5 Å². The number of ether oxygens (including phenoxy) is 5. The van der Waals surface area contributed by atoms with Crippen molar-refractivity contribution >= 4 is 61.1 Å². The van der Waals surface area contributed by atoms with E-state index in [4.69, 9.17) is 23.7 Å². The summed E-state index contributed by atoms with van der Waals surface area (Å²) in [5, 5.41) is 26.3. The first-order valence-corrected chi connectivity index (χ1v) is 32.4. The Morgan fingerprint density at radius 2 is 1.56 bits per heavy atom. The smallest absolute Gasteiger partial charge is 0.335 e. The van der Waals surface area contributed by atoms with Crippen LogP contribution in [0.3, 0.4) is 0 Å². The summed E-state index contributed by atoms with van der Waals surface area (Å²) in [4.78, 5) is 115. The average Bonchev–Trinajstić information content (AvgIpc) is 3.37. The number of piperidine rings is 1. The summed E-state index contributed by atoms with van der Waals surface area (Å²) in [6, 6.07) is 4.01. The van der Waals surface area contributed by atoms with Gasteiger partial charge in [0.2, 0.25) is 19.1 Å². The lowest BCUT2D eigenvalue weighted by atomic mass is 9.74. The van der Waals surface area contributed by atoms with E-state index in [1.807, 2.05) is 51.2 Å². The molecule has 5 unspecified atom stereocenters. The average molecular weight is 1190 g/mol. The molecule has 0 spiro atoms. The first-order chi connectivity index (χ1) is 38.5. The molecule has 2 saturated heterocycles. The minimum atomic E-state index is -4.78. The van der Waals surface area contributed by atoms with Gasteiger partial charge in [0.15, 0.2) is 11.6 Å². The Morgan fingerprint density at radius 3 is 2.21 bits per heavy atom. The Balaban J connectivity index is 1.40. The lowest BCUT2D eigenvalue weighted by Crippen LogP contribution is -2.61. The van der Waals surface area contributed by atoms with E-state index in [0.717, 1.165) is 10.5 Å². The van der Waals surface area contributed by atoms with E-state index in [0.29, 0.717) is 63.5 Å². The Bertz CT molecular complexity index is 2610. The maximum atomic E-state index is 14.6. The molecule has 82 heavy (non-hydrogen) atoms. The highest BCUT2D eigenvalue weighted by Crippen LogP contribution is 2.54. The maximum absolute atomic E-state index is 14.6. The van der Waals surface area contributed by atoms with Gasteiger partial charge in [-0.1, -0.05) is 71.1 Å². The summed E-state index contributed by atoms with van der Waals surface area (Å²) in [6.45, 7) is 12.5. The summed E-state index contributed by atoms with van der Waals surface area (Å²) in [6.07, 6.45) is 10.8. The molecule has 16 atom stereocenters. The highest BCUT2D eigenvalue weighted by molar-refractivity contribution is 7.77. The number of rotatable bonds is 12. The number of carbonyl (C=O) groups excluding carboxylic acids is 6. The maximum Gasteiger partial charge on any atom is 0.335 e. The van der Waals surface area contributed by atoms with Crippen molar-refractivity contribution in [2.75, 3.05) is 39.1 Å². The number of nitrogens with one attached hydrogen (secondary N) is 1. The summed E-state index contributed by atoms with van der Waals surface area (Å²) in [5.74, 6) is -10.5. The van der Waals surface area contributed by atoms with Crippen LogP contribution in [0.25, 0.3) is 0 Å². The molecular formula is C60H90N2O18P2. The molecule has 0 aromatic heterocycles. The zero-order valence-electron chi connectivity index (χ0n) is 49.3. The summed E-state index contributed by atoms with van der Waals surface area (Å²) < 4.78 is 53.9. The second-order valence-electron chi connectivity index (χ2n) is 23.6. The minimum absolute atomic E-state index is 0.0161. The van der Waals surface area contributed by atoms with Crippen molar-refractivity contribution in [3.8, 4) is 0 Å². The molecule has 0 radical (unpaired) electrons. The van der Waals surface area contributed by atoms with Crippen molar-refractivity contribution in [3.63, 3.8) is 0 Å². The topological polar surface area (TPSA) is 299 Å². The number of fused-ring (bicyclic) bond motifs is 3. The van der Waals surface area contributed by atoms with Crippen molar-refractivity contribution in [1.82, 2.24) is 4.90 Å². The van der Waals surface area contributed by atoms with E-state index in [2.05, 4.69) is 5.32 Å². The second-order valence-corrected chi connectivity index (χ2v) is 28.0. The van der Waals surface area contributed by atoms with Crippen LogP contribution >= 0.6 is 15.0 Å². The second kappa shape index (κ2) is 30.7. The largest absolute Gasteiger partial charge is 0.460 e. The normalized spacial score (nSPS) is 33.3. The van der Waals surface area contributed by atoms with E-state index >= 15 is 0 Å². The van der Waals surface area contributed by atoms with Crippen molar-refractivity contribution in [1.29, 1.82) is 0 Å². The van der Waals surface area contributed by atoms with Crippen LogP contribution in [0.4, 0.5) is 5.69 Å². The van der Waals surface area contributed by atoms with Crippen molar-refractivity contribution in [2.45, 2.75) is 180 Å².